The van der Waals surface area contributed by atoms with Gasteiger partial charge >= 0.3 is 0 Å². The minimum Gasteiger partial charge on any atom is -0.456 e. The lowest BCUT2D eigenvalue weighted by atomic mass is 9.92. The fraction of sp³-hybridized carbons (Fsp3) is 0. The summed E-state index contributed by atoms with van der Waals surface area (Å²) in [7, 11) is 0. The van der Waals surface area contributed by atoms with Crippen molar-refractivity contribution in [3.8, 4) is 0 Å². The Balaban J connectivity index is 0.967. The van der Waals surface area contributed by atoms with Crippen LogP contribution in [0.2, 0.25) is 0 Å². The van der Waals surface area contributed by atoms with Crippen LogP contribution < -0.4 is 9.80 Å². The summed E-state index contributed by atoms with van der Waals surface area (Å²) in [5.41, 5.74) is 8.52. The number of hydrogen-bond donors (Lipinski definition) is 0. The summed E-state index contributed by atoms with van der Waals surface area (Å²) in [5.74, 6) is 0. The van der Waals surface area contributed by atoms with Crippen molar-refractivity contribution in [2.45, 2.75) is 0 Å². The summed E-state index contributed by atoms with van der Waals surface area (Å²) in [6, 6.07) is 79.6. The third-order valence-electron chi connectivity index (χ3n) is 13.2. The molecule has 0 unspecified atom stereocenters. The molecule has 3 nitrogen and oxygen atoms in total. The highest BCUT2D eigenvalue weighted by Gasteiger charge is 2.22. The maximum atomic E-state index is 6.80. The van der Waals surface area contributed by atoms with Gasteiger partial charge in [-0.3, -0.25) is 0 Å². The van der Waals surface area contributed by atoms with Crippen molar-refractivity contribution < 1.29 is 4.42 Å². The van der Waals surface area contributed by atoms with Gasteiger partial charge in [0.25, 0.3) is 0 Å². The maximum absolute atomic E-state index is 6.80. The van der Waals surface area contributed by atoms with Crippen LogP contribution in [0.25, 0.3) is 94.6 Å². The van der Waals surface area contributed by atoms with Crippen molar-refractivity contribution in [1.82, 2.24) is 0 Å². The van der Waals surface area contributed by atoms with E-state index in [1.165, 1.54) is 78.3 Å². The minimum atomic E-state index is 0.872. The predicted molar refractivity (Wildman–Crippen MR) is 281 cm³/mol. The van der Waals surface area contributed by atoms with E-state index in [2.05, 4.69) is 228 Å². The van der Waals surface area contributed by atoms with Crippen molar-refractivity contribution in [3.63, 3.8) is 0 Å². The number of anilines is 6. The fourth-order valence-electron chi connectivity index (χ4n) is 10.3. The van der Waals surface area contributed by atoms with Gasteiger partial charge in [0.2, 0.25) is 0 Å². The van der Waals surface area contributed by atoms with E-state index < -0.39 is 0 Å². The van der Waals surface area contributed by atoms with Gasteiger partial charge in [0, 0.05) is 64.5 Å². The van der Waals surface area contributed by atoms with Gasteiger partial charge in [0.1, 0.15) is 11.2 Å². The Labute approximate surface area is 381 Å². The number of rotatable bonds is 6. The highest BCUT2D eigenvalue weighted by molar-refractivity contribution is 7.26. The van der Waals surface area contributed by atoms with Crippen LogP contribution in [-0.2, 0) is 0 Å². The van der Waals surface area contributed by atoms with Gasteiger partial charge in [-0.1, -0.05) is 127 Å². The smallest absolute Gasteiger partial charge is 0.136 e. The zero-order valence-electron chi connectivity index (χ0n) is 34.9. The Morgan fingerprint density at radius 1 is 0.262 bits per heavy atom. The summed E-state index contributed by atoms with van der Waals surface area (Å²) in [6.45, 7) is 0. The van der Waals surface area contributed by atoms with E-state index in [-0.39, 0.29) is 0 Å². The molecule has 0 N–H and O–H groups in total. The Morgan fingerprint density at radius 2 is 0.692 bits per heavy atom. The first kappa shape index (κ1) is 36.5. The van der Waals surface area contributed by atoms with Gasteiger partial charge in [0.05, 0.1) is 20.8 Å². The predicted octanol–water partition coefficient (Wildman–Crippen LogP) is 18.7. The monoisotopic (exact) mass is 864 g/mol. The average Bonchev–Trinajstić information content (AvgIpc) is 4.06. The molecule has 0 aliphatic rings. The second kappa shape index (κ2) is 14.3. The molecule has 0 aliphatic carbocycles. The van der Waals surface area contributed by atoms with E-state index in [4.69, 9.17) is 4.42 Å². The molecule has 0 aliphatic heterocycles. The highest BCUT2D eigenvalue weighted by atomic mass is 32.1. The van der Waals surface area contributed by atoms with Crippen LogP contribution in [0, 0.1) is 0 Å². The summed E-state index contributed by atoms with van der Waals surface area (Å²) >= 11 is 3.72. The van der Waals surface area contributed by atoms with E-state index >= 15 is 0 Å². The van der Waals surface area contributed by atoms with Gasteiger partial charge in [-0.15, -0.1) is 22.7 Å². The fourth-order valence-corrected chi connectivity index (χ4v) is 12.7. The first-order valence-electron chi connectivity index (χ1n) is 22.0. The van der Waals surface area contributed by atoms with Crippen LogP contribution in [0.5, 0.6) is 0 Å². The van der Waals surface area contributed by atoms with E-state index in [1.54, 1.807) is 0 Å². The van der Waals surface area contributed by atoms with Gasteiger partial charge in [-0.05, 0) is 123 Å². The van der Waals surface area contributed by atoms with Crippen LogP contribution in [0.1, 0.15) is 0 Å². The topological polar surface area (TPSA) is 19.6 Å². The van der Waals surface area contributed by atoms with Crippen LogP contribution in [0.15, 0.2) is 223 Å². The standard InChI is InChI=1S/C60H36N2OS2/c1-3-15-37(16-4-1)61(53-25-13-23-46-44-21-9-11-27-57(44)64-59(46)53)39-29-31-43-48(33-39)41-19-7-8-20-42(41)49-35-52-51-34-40(30-32-55(51)63-56(52)36-50(43)49)62(38-17-5-2-6-18-38)54-26-14-24-47-45-22-10-12-28-58(45)65-60(47)54/h1-36H. The molecule has 14 rings (SSSR count). The van der Waals surface area contributed by atoms with Gasteiger partial charge in [-0.2, -0.15) is 0 Å². The van der Waals surface area contributed by atoms with Crippen molar-refractivity contribution in [1.29, 1.82) is 0 Å². The molecule has 14 aromatic rings. The number of hydrogen-bond acceptors (Lipinski definition) is 5. The van der Waals surface area contributed by atoms with Crippen molar-refractivity contribution >= 4 is 151 Å². The lowest BCUT2D eigenvalue weighted by Gasteiger charge is -2.26. The molecule has 304 valence electrons. The zero-order valence-corrected chi connectivity index (χ0v) is 36.5. The SMILES string of the molecule is c1ccc(N(c2ccc3oc4cc5c6ccc(N(c7ccccc7)c7cccc8c7sc7ccccc78)cc6c6ccccc6c5cc4c3c2)c2cccc3c2sc2ccccc23)cc1. The molecular weight excluding hydrogens is 829 g/mol. The Hall–Kier alpha value is -7.96. The molecule has 0 spiro atoms. The largest absolute Gasteiger partial charge is 0.456 e. The first-order chi connectivity index (χ1) is 32.2. The molecule has 0 amide bonds. The lowest BCUT2D eigenvalue weighted by Crippen LogP contribution is -2.10. The molecule has 3 aromatic heterocycles. The molecule has 11 aromatic carbocycles. The van der Waals surface area contributed by atoms with Gasteiger partial charge in [-0.25, -0.2) is 0 Å². The summed E-state index contributed by atoms with van der Waals surface area (Å²) in [4.78, 5) is 4.83. The van der Waals surface area contributed by atoms with Crippen molar-refractivity contribution in [2.75, 3.05) is 9.80 Å². The number of fused-ring (bicyclic) bond motifs is 15. The highest BCUT2D eigenvalue weighted by Crippen LogP contribution is 2.49. The number of benzene rings is 11. The third-order valence-corrected chi connectivity index (χ3v) is 15.6. The number of furan rings is 1. The van der Waals surface area contributed by atoms with E-state index in [0.29, 0.717) is 0 Å². The quantitative estimate of drug-likeness (QED) is 0.155. The number of thiophene rings is 2. The molecule has 65 heavy (non-hydrogen) atoms. The minimum absolute atomic E-state index is 0.872. The molecule has 0 saturated carbocycles. The Morgan fingerprint density at radius 3 is 1.28 bits per heavy atom. The molecule has 0 radical (unpaired) electrons. The third kappa shape index (κ3) is 5.59. The Kier molecular flexibility index (Phi) is 8.02. The average molecular weight is 865 g/mol. The number of para-hydroxylation sites is 2. The van der Waals surface area contributed by atoms with Gasteiger partial charge in [0.15, 0.2) is 0 Å². The van der Waals surface area contributed by atoms with Crippen LogP contribution in [0.3, 0.4) is 0 Å². The summed E-state index contributed by atoms with van der Waals surface area (Å²) in [6.07, 6.45) is 0. The molecule has 3 heterocycles. The molecule has 0 atom stereocenters. The second-order valence-corrected chi connectivity index (χ2v) is 18.9. The van der Waals surface area contributed by atoms with E-state index in [1.807, 2.05) is 22.7 Å². The van der Waals surface area contributed by atoms with E-state index in [9.17, 15) is 0 Å². The van der Waals surface area contributed by atoms with Crippen LogP contribution in [0.4, 0.5) is 34.1 Å². The lowest BCUT2D eigenvalue weighted by molar-refractivity contribution is 0.669. The number of nitrogens with zero attached hydrogens (tertiary/aromatic N) is 2. The van der Waals surface area contributed by atoms with Crippen molar-refractivity contribution in [2.24, 2.45) is 0 Å². The summed E-state index contributed by atoms with van der Waals surface area (Å²) < 4.78 is 11.9. The van der Waals surface area contributed by atoms with Crippen molar-refractivity contribution in [3.05, 3.63) is 218 Å². The van der Waals surface area contributed by atoms with Crippen LogP contribution in [-0.4, -0.2) is 0 Å². The molecule has 0 saturated heterocycles. The Bertz CT molecular complexity index is 4200. The normalized spacial score (nSPS) is 12.0. The molecule has 0 fully saturated rings. The maximum Gasteiger partial charge on any atom is 0.136 e. The first-order valence-corrected chi connectivity index (χ1v) is 23.6. The second-order valence-electron chi connectivity index (χ2n) is 16.8. The molecular formula is C60H36N2OS2. The molecule has 0 bridgehead atoms. The molecule has 5 heteroatoms. The van der Waals surface area contributed by atoms with Gasteiger partial charge < -0.3 is 14.2 Å². The zero-order chi connectivity index (χ0) is 42.6. The van der Waals surface area contributed by atoms with E-state index in [0.717, 1.165) is 50.4 Å². The summed E-state index contributed by atoms with van der Waals surface area (Å²) in [5, 5.41) is 14.6. The van der Waals surface area contributed by atoms with Crippen LogP contribution >= 0.6 is 22.7 Å².